The van der Waals surface area contributed by atoms with Crippen LogP contribution in [0.25, 0.3) is 11.5 Å². The van der Waals surface area contributed by atoms with Crippen LogP contribution in [-0.2, 0) is 17.6 Å². The van der Waals surface area contributed by atoms with Crippen molar-refractivity contribution in [3.8, 4) is 11.5 Å². The summed E-state index contributed by atoms with van der Waals surface area (Å²) in [5.41, 5.74) is 2.26. The average molecular weight is 287 g/mol. The minimum Gasteiger partial charge on any atom is -0.381 e. The number of nitrogens with one attached hydrogen (secondary N) is 1. The topological polar surface area (TPSA) is 60.2 Å². The highest BCUT2D eigenvalue weighted by molar-refractivity contribution is 5.58. The van der Waals surface area contributed by atoms with Gasteiger partial charge in [-0.25, -0.2) is 0 Å². The molecule has 0 radical (unpaired) electrons. The fourth-order valence-corrected chi connectivity index (χ4v) is 2.66. The second-order valence-corrected chi connectivity index (χ2v) is 5.46. The number of nitrogens with zero attached hydrogens (tertiary/aromatic N) is 2. The van der Waals surface area contributed by atoms with E-state index < -0.39 is 0 Å². The molecule has 0 saturated carbocycles. The maximum atomic E-state index is 5.46. The predicted octanol–water partition coefficient (Wildman–Crippen LogP) is 2.08. The Kier molecular flexibility index (Phi) is 4.62. The van der Waals surface area contributed by atoms with Gasteiger partial charge in [0.05, 0.1) is 0 Å². The van der Waals surface area contributed by atoms with Crippen molar-refractivity contribution in [2.75, 3.05) is 26.8 Å². The summed E-state index contributed by atoms with van der Waals surface area (Å²) in [4.78, 5) is 4.56. The molecule has 1 aliphatic heterocycles. The molecule has 1 unspecified atom stereocenters. The van der Waals surface area contributed by atoms with Gasteiger partial charge in [0.25, 0.3) is 5.89 Å². The lowest BCUT2D eigenvalue weighted by molar-refractivity contribution is 0.185. The quantitative estimate of drug-likeness (QED) is 0.881. The smallest absolute Gasteiger partial charge is 0.258 e. The molecule has 1 fully saturated rings. The van der Waals surface area contributed by atoms with Crippen LogP contribution < -0.4 is 5.32 Å². The van der Waals surface area contributed by atoms with Crippen molar-refractivity contribution < 1.29 is 9.26 Å². The number of benzene rings is 1. The number of likely N-dealkylation sites (N-methyl/N-ethyl adjacent to an activating group) is 1. The van der Waals surface area contributed by atoms with Gasteiger partial charge in [0.1, 0.15) is 0 Å². The molecule has 1 N–H and O–H groups in total. The SMILES string of the molecule is CNCCc1ccccc1-c1nc(CC2CCOC2)no1. The summed E-state index contributed by atoms with van der Waals surface area (Å²) in [6.07, 6.45) is 2.87. The van der Waals surface area contributed by atoms with E-state index in [2.05, 4.69) is 21.5 Å². The Hall–Kier alpha value is -1.72. The summed E-state index contributed by atoms with van der Waals surface area (Å²) in [7, 11) is 1.96. The van der Waals surface area contributed by atoms with Crippen LogP contribution >= 0.6 is 0 Å². The van der Waals surface area contributed by atoms with Gasteiger partial charge < -0.3 is 14.6 Å². The Labute approximate surface area is 124 Å². The van der Waals surface area contributed by atoms with Crippen LogP contribution in [0.3, 0.4) is 0 Å². The second kappa shape index (κ2) is 6.83. The van der Waals surface area contributed by atoms with E-state index in [1.807, 2.05) is 25.2 Å². The first kappa shape index (κ1) is 14.2. The molecule has 0 spiro atoms. The third-order valence-electron chi connectivity index (χ3n) is 3.86. The molecule has 5 nitrogen and oxygen atoms in total. The average Bonchev–Trinajstić information content (AvgIpc) is 3.18. The molecule has 1 aromatic carbocycles. The first-order chi connectivity index (χ1) is 10.4. The molecule has 21 heavy (non-hydrogen) atoms. The molecule has 1 saturated heterocycles. The Morgan fingerprint density at radius 1 is 1.33 bits per heavy atom. The molecule has 3 rings (SSSR count). The zero-order valence-corrected chi connectivity index (χ0v) is 12.3. The number of ether oxygens (including phenoxy) is 1. The highest BCUT2D eigenvalue weighted by Crippen LogP contribution is 2.24. The Balaban J connectivity index is 1.75. The summed E-state index contributed by atoms with van der Waals surface area (Å²) >= 11 is 0. The molecule has 2 aromatic rings. The van der Waals surface area contributed by atoms with E-state index in [1.54, 1.807) is 0 Å². The van der Waals surface area contributed by atoms with Crippen molar-refractivity contribution in [3.05, 3.63) is 35.7 Å². The third kappa shape index (κ3) is 3.49. The van der Waals surface area contributed by atoms with Gasteiger partial charge in [-0.05, 0) is 44.0 Å². The highest BCUT2D eigenvalue weighted by Gasteiger charge is 2.20. The molecule has 1 aliphatic rings. The van der Waals surface area contributed by atoms with E-state index in [-0.39, 0.29) is 0 Å². The van der Waals surface area contributed by atoms with E-state index >= 15 is 0 Å². The van der Waals surface area contributed by atoms with Gasteiger partial charge in [0.15, 0.2) is 5.82 Å². The zero-order chi connectivity index (χ0) is 14.5. The second-order valence-electron chi connectivity index (χ2n) is 5.46. The molecule has 1 aromatic heterocycles. The maximum absolute atomic E-state index is 5.46. The van der Waals surface area contributed by atoms with E-state index in [0.717, 1.165) is 50.4 Å². The van der Waals surface area contributed by atoms with Gasteiger partial charge in [-0.3, -0.25) is 0 Å². The van der Waals surface area contributed by atoms with Crippen LogP contribution in [0.4, 0.5) is 0 Å². The fraction of sp³-hybridized carbons (Fsp3) is 0.500. The summed E-state index contributed by atoms with van der Waals surface area (Å²) < 4.78 is 10.9. The molecule has 112 valence electrons. The van der Waals surface area contributed by atoms with Crippen molar-refractivity contribution in [2.45, 2.75) is 19.3 Å². The standard InChI is InChI=1S/C16H21N3O2/c1-17-8-6-13-4-2-3-5-14(13)16-18-15(19-21-16)10-12-7-9-20-11-12/h2-5,12,17H,6-11H2,1H3. The summed E-state index contributed by atoms with van der Waals surface area (Å²) in [6.45, 7) is 2.59. The normalized spacial score (nSPS) is 18.2. The maximum Gasteiger partial charge on any atom is 0.258 e. The lowest BCUT2D eigenvalue weighted by atomic mass is 10.0. The Morgan fingerprint density at radius 3 is 3.05 bits per heavy atom. The van der Waals surface area contributed by atoms with Gasteiger partial charge in [-0.2, -0.15) is 4.98 Å². The lowest BCUT2D eigenvalue weighted by Gasteiger charge is -2.05. The van der Waals surface area contributed by atoms with E-state index in [0.29, 0.717) is 11.8 Å². The number of rotatable bonds is 6. The van der Waals surface area contributed by atoms with Crippen LogP contribution in [0, 0.1) is 5.92 Å². The van der Waals surface area contributed by atoms with Crippen molar-refractivity contribution in [2.24, 2.45) is 5.92 Å². The van der Waals surface area contributed by atoms with E-state index in [9.17, 15) is 0 Å². The largest absolute Gasteiger partial charge is 0.381 e. The summed E-state index contributed by atoms with van der Waals surface area (Å²) in [5, 5.41) is 7.29. The first-order valence-corrected chi connectivity index (χ1v) is 7.50. The number of hydrogen-bond donors (Lipinski definition) is 1. The van der Waals surface area contributed by atoms with Crippen molar-refractivity contribution in [3.63, 3.8) is 0 Å². The molecule has 0 amide bonds. The van der Waals surface area contributed by atoms with E-state index in [1.165, 1.54) is 5.56 Å². The monoisotopic (exact) mass is 287 g/mol. The lowest BCUT2D eigenvalue weighted by Crippen LogP contribution is -2.10. The molecule has 2 heterocycles. The van der Waals surface area contributed by atoms with Gasteiger partial charge in [0.2, 0.25) is 0 Å². The van der Waals surface area contributed by atoms with Crippen LogP contribution in [0.2, 0.25) is 0 Å². The summed E-state index contributed by atoms with van der Waals surface area (Å²) in [5.74, 6) is 1.93. The minimum absolute atomic E-state index is 0.523. The number of hydrogen-bond acceptors (Lipinski definition) is 5. The third-order valence-corrected chi connectivity index (χ3v) is 3.86. The van der Waals surface area contributed by atoms with Gasteiger partial charge in [-0.1, -0.05) is 23.4 Å². The van der Waals surface area contributed by atoms with Crippen molar-refractivity contribution in [1.29, 1.82) is 0 Å². The zero-order valence-electron chi connectivity index (χ0n) is 12.3. The summed E-state index contributed by atoms with van der Waals surface area (Å²) in [6, 6.07) is 8.21. The Bertz CT molecular complexity index is 576. The van der Waals surface area contributed by atoms with Crippen LogP contribution in [0.5, 0.6) is 0 Å². The molecular weight excluding hydrogens is 266 g/mol. The fourth-order valence-electron chi connectivity index (χ4n) is 2.66. The van der Waals surface area contributed by atoms with Crippen LogP contribution in [0.1, 0.15) is 17.8 Å². The minimum atomic E-state index is 0.523. The van der Waals surface area contributed by atoms with Gasteiger partial charge in [-0.15, -0.1) is 0 Å². The molecule has 0 bridgehead atoms. The van der Waals surface area contributed by atoms with Crippen molar-refractivity contribution in [1.82, 2.24) is 15.5 Å². The number of aromatic nitrogens is 2. The van der Waals surface area contributed by atoms with Gasteiger partial charge in [0, 0.05) is 25.2 Å². The molecular formula is C16H21N3O2. The highest BCUT2D eigenvalue weighted by atomic mass is 16.5. The van der Waals surface area contributed by atoms with Gasteiger partial charge >= 0.3 is 0 Å². The van der Waals surface area contributed by atoms with Crippen molar-refractivity contribution >= 4 is 0 Å². The predicted molar refractivity (Wildman–Crippen MR) is 80.0 cm³/mol. The molecule has 5 heteroatoms. The van der Waals surface area contributed by atoms with E-state index in [4.69, 9.17) is 9.26 Å². The molecule has 1 atom stereocenters. The first-order valence-electron chi connectivity index (χ1n) is 7.50. The molecule has 0 aliphatic carbocycles. The van der Waals surface area contributed by atoms with Crippen LogP contribution in [-0.4, -0.2) is 36.9 Å². The van der Waals surface area contributed by atoms with Crippen LogP contribution in [0.15, 0.2) is 28.8 Å². The Morgan fingerprint density at radius 2 is 2.24 bits per heavy atom.